The largest absolute Gasteiger partial charge is 0.416 e. The maximum absolute atomic E-state index is 13.3. The zero-order valence-electron chi connectivity index (χ0n) is 18.0. The Bertz CT molecular complexity index is 1320. The second kappa shape index (κ2) is 8.09. The van der Waals surface area contributed by atoms with Crippen molar-refractivity contribution in [2.75, 3.05) is 11.4 Å². The number of anilines is 1. The van der Waals surface area contributed by atoms with Gasteiger partial charge in [0.25, 0.3) is 0 Å². The van der Waals surface area contributed by atoms with Gasteiger partial charge in [-0.05, 0) is 56.5 Å². The molecule has 1 aliphatic rings. The molecule has 1 amide bonds. The molecule has 33 heavy (non-hydrogen) atoms. The van der Waals surface area contributed by atoms with Gasteiger partial charge in [0.2, 0.25) is 5.91 Å². The summed E-state index contributed by atoms with van der Waals surface area (Å²) in [4.78, 5) is 22.8. The highest BCUT2D eigenvalue weighted by Crippen LogP contribution is 2.40. The number of hydrogen-bond acceptors (Lipinski definition) is 5. The van der Waals surface area contributed by atoms with Crippen LogP contribution in [0.25, 0.3) is 11.0 Å². The van der Waals surface area contributed by atoms with Crippen molar-refractivity contribution in [2.24, 2.45) is 5.92 Å². The molecular weight excluding hydrogens is 455 g/mol. The van der Waals surface area contributed by atoms with Gasteiger partial charge in [-0.25, -0.2) is 13.4 Å². The van der Waals surface area contributed by atoms with Crippen molar-refractivity contribution < 1.29 is 26.4 Å². The monoisotopic (exact) mass is 477 g/mol. The quantitative estimate of drug-likeness (QED) is 0.547. The van der Waals surface area contributed by atoms with Crippen molar-refractivity contribution in [3.8, 4) is 0 Å². The molecule has 0 aliphatic carbocycles. The van der Waals surface area contributed by atoms with Crippen LogP contribution in [0.2, 0.25) is 0 Å². The molecule has 0 unspecified atom stereocenters. The first-order valence-corrected chi connectivity index (χ1v) is 11.8. The summed E-state index contributed by atoms with van der Waals surface area (Å²) < 4.78 is 64.5. The Kier molecular flexibility index (Phi) is 5.68. The highest BCUT2D eigenvalue weighted by molar-refractivity contribution is 7.92. The van der Waals surface area contributed by atoms with Crippen LogP contribution in [0.4, 0.5) is 19.0 Å². The van der Waals surface area contributed by atoms with E-state index in [1.165, 1.54) is 24.9 Å². The van der Waals surface area contributed by atoms with E-state index in [-0.39, 0.29) is 18.9 Å². The van der Waals surface area contributed by atoms with Gasteiger partial charge < -0.3 is 0 Å². The van der Waals surface area contributed by atoms with E-state index >= 15 is 0 Å². The number of carbonyl (C=O) groups is 1. The molecule has 0 N–H and O–H groups in total. The third kappa shape index (κ3) is 4.19. The molecule has 2 heterocycles. The maximum Gasteiger partial charge on any atom is 0.416 e. The molecule has 0 radical (unpaired) electrons. The number of amides is 1. The van der Waals surface area contributed by atoms with Gasteiger partial charge in [-0.2, -0.15) is 13.2 Å². The number of sulfone groups is 1. The Hall–Kier alpha value is -3.01. The summed E-state index contributed by atoms with van der Waals surface area (Å²) in [6.07, 6.45) is -2.87. The Morgan fingerprint density at radius 1 is 1.03 bits per heavy atom. The van der Waals surface area contributed by atoms with Gasteiger partial charge in [0.15, 0.2) is 15.7 Å². The van der Waals surface area contributed by atoms with Gasteiger partial charge in [0, 0.05) is 13.0 Å². The van der Waals surface area contributed by atoms with Crippen molar-refractivity contribution in [1.29, 1.82) is 0 Å². The molecular formula is C23H22F3N3O3S. The number of halogens is 3. The summed E-state index contributed by atoms with van der Waals surface area (Å²) >= 11 is 0. The molecule has 1 saturated heterocycles. The molecule has 1 aromatic heterocycles. The van der Waals surface area contributed by atoms with E-state index in [0.29, 0.717) is 29.3 Å². The van der Waals surface area contributed by atoms with Gasteiger partial charge in [-0.3, -0.25) is 14.7 Å². The van der Waals surface area contributed by atoms with Crippen LogP contribution in [0, 0.1) is 5.92 Å². The number of aromatic nitrogens is 2. The highest BCUT2D eigenvalue weighted by atomic mass is 32.2. The zero-order chi connectivity index (χ0) is 24.0. The average Bonchev–Trinajstić information content (AvgIpc) is 2.78. The van der Waals surface area contributed by atoms with Gasteiger partial charge in [0.05, 0.1) is 32.4 Å². The van der Waals surface area contributed by atoms with E-state index < -0.39 is 37.1 Å². The summed E-state index contributed by atoms with van der Waals surface area (Å²) in [6.45, 7) is 3.16. The fraction of sp³-hybridized carbons (Fsp3) is 0.348. The molecule has 4 rings (SSSR count). The zero-order valence-corrected chi connectivity index (χ0v) is 18.8. The summed E-state index contributed by atoms with van der Waals surface area (Å²) in [5, 5.41) is 0. The first-order valence-electron chi connectivity index (χ1n) is 10.4. The number of piperidine rings is 1. The number of hydrogen-bond donors (Lipinski definition) is 0. The van der Waals surface area contributed by atoms with E-state index in [4.69, 9.17) is 0 Å². The van der Waals surface area contributed by atoms with Crippen LogP contribution >= 0.6 is 0 Å². The lowest BCUT2D eigenvalue weighted by Gasteiger charge is -2.39. The molecule has 1 atom stereocenters. The Labute approximate surface area is 189 Å². The lowest BCUT2D eigenvalue weighted by atomic mass is 9.85. The van der Waals surface area contributed by atoms with Crippen molar-refractivity contribution in [3.05, 3.63) is 60.3 Å². The second-order valence-electron chi connectivity index (χ2n) is 8.58. The summed E-state index contributed by atoms with van der Waals surface area (Å²) in [7, 11) is -4.15. The van der Waals surface area contributed by atoms with E-state index in [9.17, 15) is 26.4 Å². The summed E-state index contributed by atoms with van der Waals surface area (Å²) in [6, 6.07) is 11.0. The maximum atomic E-state index is 13.3. The molecule has 10 heteroatoms. The van der Waals surface area contributed by atoms with Crippen LogP contribution in [0.15, 0.2) is 59.6 Å². The van der Waals surface area contributed by atoms with Crippen LogP contribution in [0.3, 0.4) is 0 Å². The molecule has 2 aromatic carbocycles. The predicted octanol–water partition coefficient (Wildman–Crippen LogP) is 4.64. The number of alkyl halides is 3. The number of carbonyl (C=O) groups excluding carboxylic acids is 1. The predicted molar refractivity (Wildman–Crippen MR) is 117 cm³/mol. The Morgan fingerprint density at radius 2 is 1.73 bits per heavy atom. The second-order valence-corrected chi connectivity index (χ2v) is 11.1. The first-order chi connectivity index (χ1) is 15.4. The van der Waals surface area contributed by atoms with Crippen LogP contribution < -0.4 is 4.90 Å². The van der Waals surface area contributed by atoms with Crippen LogP contribution in [0.5, 0.6) is 0 Å². The van der Waals surface area contributed by atoms with Gasteiger partial charge in [-0.15, -0.1) is 0 Å². The van der Waals surface area contributed by atoms with Crippen LogP contribution in [-0.2, 0) is 20.8 Å². The standard InChI is InChI=1S/C23H22F3N3O3S/c1-22(2,33(31,32)17-7-5-6-16(12-17)23(24,25)26)15-10-11-29(21(30)13-15)20-14-27-18-8-3-4-9-19(18)28-20/h3-9,12,14-15H,10-11,13H2,1-2H3/t15-/m0/s1. The summed E-state index contributed by atoms with van der Waals surface area (Å²) in [5.74, 6) is -0.493. The van der Waals surface area contributed by atoms with Crippen LogP contribution in [-0.4, -0.2) is 35.6 Å². The highest BCUT2D eigenvalue weighted by Gasteiger charge is 2.46. The SMILES string of the molecule is CC(C)([C@H]1CCN(c2cnc3ccccc3n2)C(=O)C1)S(=O)(=O)c1cccc(C(F)(F)F)c1. The minimum Gasteiger partial charge on any atom is -0.296 e. The molecule has 6 nitrogen and oxygen atoms in total. The van der Waals surface area contributed by atoms with Gasteiger partial charge in [-0.1, -0.05) is 18.2 Å². The fourth-order valence-corrected chi connectivity index (χ4v) is 5.90. The van der Waals surface area contributed by atoms with Crippen molar-refractivity contribution in [1.82, 2.24) is 9.97 Å². The number of benzene rings is 2. The smallest absolute Gasteiger partial charge is 0.296 e. The molecule has 0 saturated carbocycles. The minimum absolute atomic E-state index is 0.0697. The third-order valence-corrected chi connectivity index (χ3v) is 8.88. The molecule has 174 valence electrons. The fourth-order valence-electron chi connectivity index (χ4n) is 4.11. The van der Waals surface area contributed by atoms with Crippen molar-refractivity contribution >= 4 is 32.6 Å². The van der Waals surface area contributed by atoms with E-state index in [2.05, 4.69) is 9.97 Å². The van der Waals surface area contributed by atoms with Crippen LogP contribution in [0.1, 0.15) is 32.3 Å². The average molecular weight is 478 g/mol. The van der Waals surface area contributed by atoms with Crippen molar-refractivity contribution in [3.63, 3.8) is 0 Å². The van der Waals surface area contributed by atoms with E-state index in [1.54, 1.807) is 12.1 Å². The topological polar surface area (TPSA) is 80.2 Å². The first kappa shape index (κ1) is 23.2. The normalized spacial score (nSPS) is 18.0. The Balaban J connectivity index is 1.58. The molecule has 0 bridgehead atoms. The molecule has 1 aliphatic heterocycles. The Morgan fingerprint density at radius 3 is 2.39 bits per heavy atom. The number of nitrogens with zero attached hydrogens (tertiary/aromatic N) is 3. The third-order valence-electron chi connectivity index (χ3n) is 6.28. The number of fused-ring (bicyclic) bond motifs is 1. The van der Waals surface area contributed by atoms with Gasteiger partial charge >= 0.3 is 6.18 Å². The number of rotatable bonds is 4. The van der Waals surface area contributed by atoms with Gasteiger partial charge in [0.1, 0.15) is 0 Å². The number of para-hydroxylation sites is 2. The molecule has 3 aromatic rings. The minimum atomic E-state index is -4.65. The lowest BCUT2D eigenvalue weighted by molar-refractivity contribution is -0.137. The van der Waals surface area contributed by atoms with Crippen molar-refractivity contribution in [2.45, 2.75) is 42.5 Å². The molecule has 1 fully saturated rings. The molecule has 0 spiro atoms. The van der Waals surface area contributed by atoms with E-state index in [0.717, 1.165) is 18.2 Å². The van der Waals surface area contributed by atoms with E-state index in [1.807, 2.05) is 12.1 Å². The lowest BCUT2D eigenvalue weighted by Crippen LogP contribution is -2.49. The summed E-state index contributed by atoms with van der Waals surface area (Å²) in [5.41, 5.74) is 0.300.